The van der Waals surface area contributed by atoms with Crippen molar-refractivity contribution in [3.05, 3.63) is 98.5 Å². The van der Waals surface area contributed by atoms with Gasteiger partial charge in [-0.3, -0.25) is 19.2 Å². The summed E-state index contributed by atoms with van der Waals surface area (Å²) in [6.45, 7) is -0.574. The Labute approximate surface area is 199 Å². The first-order valence-electron chi connectivity index (χ1n) is 9.27. The van der Waals surface area contributed by atoms with Gasteiger partial charge in [0.05, 0.1) is 21.7 Å². The molecule has 170 valence electrons. The third-order valence-electron chi connectivity index (χ3n) is 4.32. The number of anilines is 1. The standard InChI is InChI=1S/C21H16Cl2N4O5S/c22-16-6-9-19(10-7-16)33(31,32)26(17-4-2-1-3-5-17)14-21(28)25-24-13-15-12-18(27(29)30)8-11-20(15)23/h1-13H,14H2,(H,25,28)/b24-13-. The molecule has 12 heteroatoms. The van der Waals surface area contributed by atoms with E-state index in [9.17, 15) is 23.3 Å². The molecule has 0 unspecified atom stereocenters. The van der Waals surface area contributed by atoms with Gasteiger partial charge in [0.15, 0.2) is 0 Å². The molecule has 0 fully saturated rings. The highest BCUT2D eigenvalue weighted by Gasteiger charge is 2.27. The number of hydrazone groups is 1. The maximum atomic E-state index is 13.2. The van der Waals surface area contributed by atoms with E-state index in [4.69, 9.17) is 23.2 Å². The third-order valence-corrected chi connectivity index (χ3v) is 6.70. The number of benzene rings is 3. The summed E-state index contributed by atoms with van der Waals surface area (Å²) in [4.78, 5) is 22.8. The molecular weight excluding hydrogens is 491 g/mol. The molecule has 0 atom stereocenters. The van der Waals surface area contributed by atoms with Crippen molar-refractivity contribution in [3.8, 4) is 0 Å². The molecular formula is C21H16Cl2N4O5S. The van der Waals surface area contributed by atoms with Crippen LogP contribution in [0.5, 0.6) is 0 Å². The number of non-ortho nitro benzene ring substituents is 1. The molecule has 33 heavy (non-hydrogen) atoms. The lowest BCUT2D eigenvalue weighted by atomic mass is 10.2. The predicted octanol–water partition coefficient (Wildman–Crippen LogP) is 4.25. The summed E-state index contributed by atoms with van der Waals surface area (Å²) in [6, 6.07) is 17.4. The van der Waals surface area contributed by atoms with Crippen LogP contribution in [0.1, 0.15) is 5.56 Å². The topological polar surface area (TPSA) is 122 Å². The summed E-state index contributed by atoms with van der Waals surface area (Å²) in [5, 5.41) is 15.2. The maximum Gasteiger partial charge on any atom is 0.270 e. The number of amides is 1. The van der Waals surface area contributed by atoms with E-state index < -0.39 is 27.4 Å². The van der Waals surface area contributed by atoms with Gasteiger partial charge in [-0.25, -0.2) is 13.8 Å². The molecule has 0 aliphatic carbocycles. The van der Waals surface area contributed by atoms with Gasteiger partial charge in [0.2, 0.25) is 0 Å². The monoisotopic (exact) mass is 506 g/mol. The second-order valence-electron chi connectivity index (χ2n) is 6.56. The molecule has 0 aliphatic heterocycles. The fraction of sp³-hybridized carbons (Fsp3) is 0.0476. The van der Waals surface area contributed by atoms with Gasteiger partial charge >= 0.3 is 0 Å². The van der Waals surface area contributed by atoms with Gasteiger partial charge in [-0.2, -0.15) is 5.10 Å². The molecule has 0 spiro atoms. The molecule has 1 N–H and O–H groups in total. The van der Waals surface area contributed by atoms with E-state index in [2.05, 4.69) is 10.5 Å². The fourth-order valence-electron chi connectivity index (χ4n) is 2.73. The molecule has 0 aromatic heterocycles. The highest BCUT2D eigenvalue weighted by Crippen LogP contribution is 2.24. The van der Waals surface area contributed by atoms with Gasteiger partial charge in [-0.15, -0.1) is 0 Å². The smallest absolute Gasteiger partial charge is 0.270 e. The van der Waals surface area contributed by atoms with Gasteiger partial charge in [-0.1, -0.05) is 41.4 Å². The summed E-state index contributed by atoms with van der Waals surface area (Å²) in [5.41, 5.74) is 2.50. The summed E-state index contributed by atoms with van der Waals surface area (Å²) in [5.74, 6) is -0.741. The Balaban J connectivity index is 1.82. The van der Waals surface area contributed by atoms with Gasteiger partial charge < -0.3 is 0 Å². The Bertz CT molecular complexity index is 1300. The Morgan fingerprint density at radius 2 is 1.73 bits per heavy atom. The van der Waals surface area contributed by atoms with Crippen LogP contribution >= 0.6 is 23.2 Å². The number of para-hydroxylation sites is 1. The average molecular weight is 507 g/mol. The lowest BCUT2D eigenvalue weighted by Gasteiger charge is -2.23. The number of carbonyl (C=O) groups is 1. The molecule has 3 aromatic rings. The molecule has 0 saturated carbocycles. The number of nitro benzene ring substituents is 1. The van der Waals surface area contributed by atoms with Crippen LogP contribution in [0.3, 0.4) is 0 Å². The van der Waals surface area contributed by atoms with Crippen molar-refractivity contribution in [2.24, 2.45) is 5.10 Å². The van der Waals surface area contributed by atoms with Crippen LogP contribution in [0, 0.1) is 10.1 Å². The van der Waals surface area contributed by atoms with E-state index in [0.717, 1.165) is 10.5 Å². The lowest BCUT2D eigenvalue weighted by molar-refractivity contribution is -0.384. The Kier molecular flexibility index (Phi) is 7.64. The second kappa shape index (κ2) is 10.4. The number of halogens is 2. The summed E-state index contributed by atoms with van der Waals surface area (Å²) in [7, 11) is -4.10. The molecule has 0 bridgehead atoms. The number of nitro groups is 1. The average Bonchev–Trinajstić information content (AvgIpc) is 2.79. The molecule has 0 aliphatic rings. The summed E-state index contributed by atoms with van der Waals surface area (Å²) < 4.78 is 27.3. The highest BCUT2D eigenvalue weighted by atomic mass is 35.5. The van der Waals surface area contributed by atoms with E-state index in [1.807, 2.05) is 0 Å². The zero-order chi connectivity index (χ0) is 24.0. The van der Waals surface area contributed by atoms with E-state index >= 15 is 0 Å². The van der Waals surface area contributed by atoms with Gasteiger partial charge in [-0.05, 0) is 42.5 Å². The lowest BCUT2D eigenvalue weighted by Crippen LogP contribution is -2.39. The first kappa shape index (κ1) is 24.2. The number of nitrogens with one attached hydrogen (secondary N) is 1. The minimum Gasteiger partial charge on any atom is -0.271 e. The van der Waals surface area contributed by atoms with Crippen molar-refractivity contribution in [1.82, 2.24) is 5.43 Å². The van der Waals surface area contributed by atoms with Gasteiger partial charge in [0.25, 0.3) is 21.6 Å². The number of nitrogens with zero attached hydrogens (tertiary/aromatic N) is 3. The molecule has 0 saturated heterocycles. The maximum absolute atomic E-state index is 13.2. The largest absolute Gasteiger partial charge is 0.271 e. The zero-order valence-electron chi connectivity index (χ0n) is 16.8. The van der Waals surface area contributed by atoms with Crippen LogP contribution in [0.15, 0.2) is 82.8 Å². The van der Waals surface area contributed by atoms with Crippen LogP contribution < -0.4 is 9.73 Å². The van der Waals surface area contributed by atoms with Crippen LogP contribution in [0.4, 0.5) is 11.4 Å². The van der Waals surface area contributed by atoms with Crippen LogP contribution in [-0.4, -0.2) is 32.0 Å². The van der Waals surface area contributed by atoms with Gasteiger partial charge in [0.1, 0.15) is 6.54 Å². The number of carbonyl (C=O) groups excluding carboxylic acids is 1. The van der Waals surface area contributed by atoms with E-state index in [1.165, 1.54) is 42.5 Å². The minimum absolute atomic E-state index is 0.0459. The highest BCUT2D eigenvalue weighted by molar-refractivity contribution is 7.92. The number of sulfonamides is 1. The normalized spacial score (nSPS) is 11.3. The van der Waals surface area contributed by atoms with Crippen molar-refractivity contribution in [2.75, 3.05) is 10.8 Å². The predicted molar refractivity (Wildman–Crippen MR) is 126 cm³/mol. The molecule has 3 rings (SSSR count). The molecule has 0 heterocycles. The molecule has 3 aromatic carbocycles. The minimum atomic E-state index is -4.10. The molecule has 1 amide bonds. The van der Waals surface area contributed by atoms with Gasteiger partial charge in [0, 0.05) is 27.7 Å². The van der Waals surface area contributed by atoms with Crippen LogP contribution in [-0.2, 0) is 14.8 Å². The first-order chi connectivity index (χ1) is 15.7. The van der Waals surface area contributed by atoms with Crippen molar-refractivity contribution < 1.29 is 18.1 Å². The van der Waals surface area contributed by atoms with Crippen molar-refractivity contribution in [2.45, 2.75) is 4.90 Å². The number of hydrogen-bond acceptors (Lipinski definition) is 6. The van der Waals surface area contributed by atoms with Crippen molar-refractivity contribution >= 4 is 56.7 Å². The number of rotatable bonds is 8. The quantitative estimate of drug-likeness (QED) is 0.278. The van der Waals surface area contributed by atoms with Crippen molar-refractivity contribution in [1.29, 1.82) is 0 Å². The fourth-order valence-corrected chi connectivity index (χ4v) is 4.44. The zero-order valence-corrected chi connectivity index (χ0v) is 19.1. The van der Waals surface area contributed by atoms with Crippen LogP contribution in [0.25, 0.3) is 0 Å². The van der Waals surface area contributed by atoms with E-state index in [0.29, 0.717) is 5.02 Å². The van der Waals surface area contributed by atoms with Crippen LogP contribution in [0.2, 0.25) is 10.0 Å². The molecule has 0 radical (unpaired) electrons. The SMILES string of the molecule is O=C(CN(c1ccccc1)S(=O)(=O)c1ccc(Cl)cc1)N/N=C\c1cc([N+](=O)[O-])ccc1Cl. The van der Waals surface area contributed by atoms with E-state index in [-0.39, 0.29) is 26.9 Å². The summed E-state index contributed by atoms with van der Waals surface area (Å²) in [6.07, 6.45) is 1.13. The second-order valence-corrected chi connectivity index (χ2v) is 9.26. The number of hydrogen-bond donors (Lipinski definition) is 1. The molecule has 9 nitrogen and oxygen atoms in total. The van der Waals surface area contributed by atoms with Crippen molar-refractivity contribution in [3.63, 3.8) is 0 Å². The third kappa shape index (κ3) is 6.07. The Hall–Kier alpha value is -3.47. The first-order valence-corrected chi connectivity index (χ1v) is 11.5. The Morgan fingerprint density at radius 1 is 1.06 bits per heavy atom. The van der Waals surface area contributed by atoms with E-state index in [1.54, 1.807) is 30.3 Å². The summed E-state index contributed by atoms with van der Waals surface area (Å²) >= 11 is 11.8. The Morgan fingerprint density at radius 3 is 2.36 bits per heavy atom.